The number of aromatic hydroxyl groups is 1. The van der Waals surface area contributed by atoms with E-state index in [1.807, 2.05) is 66.7 Å². The number of rotatable bonds is 10. The van der Waals surface area contributed by atoms with Gasteiger partial charge in [-0.2, -0.15) is 0 Å². The summed E-state index contributed by atoms with van der Waals surface area (Å²) in [6, 6.07) is 0. The van der Waals surface area contributed by atoms with Gasteiger partial charge in [-0.1, -0.05) is 29.4 Å². The van der Waals surface area contributed by atoms with Gasteiger partial charge in [0.2, 0.25) is 0 Å². The van der Waals surface area contributed by atoms with Crippen LogP contribution in [0, 0.1) is 17.8 Å². The SMILES string of the molecule is CO[C@H]1[C@@H]2CC3C(C)(C)OC(C/C=C(\CO)C(=O)O)(C2=O)[C@]32Oc3c(CC=C(C)C)c4c(c(O)c3C(=O)[C@@H]12)C=C[C@](C)(CCC=C(C)C)O4. The van der Waals surface area contributed by atoms with Crippen molar-refractivity contribution in [3.05, 3.63) is 57.7 Å². The Morgan fingerprint density at radius 1 is 1.04 bits per heavy atom. The number of ether oxygens (including phenoxy) is 4. The van der Waals surface area contributed by atoms with Gasteiger partial charge < -0.3 is 34.3 Å². The number of phenols is 1. The average molecular weight is 677 g/mol. The van der Waals surface area contributed by atoms with Gasteiger partial charge in [0.15, 0.2) is 22.8 Å². The van der Waals surface area contributed by atoms with Crippen LogP contribution in [0.1, 0.15) is 95.6 Å². The van der Waals surface area contributed by atoms with Crippen LogP contribution >= 0.6 is 0 Å². The molecule has 7 rings (SSSR count). The molecule has 3 aliphatic heterocycles. The second kappa shape index (κ2) is 12.0. The predicted molar refractivity (Wildman–Crippen MR) is 182 cm³/mol. The van der Waals surface area contributed by atoms with Gasteiger partial charge in [0.1, 0.15) is 28.4 Å². The van der Waals surface area contributed by atoms with E-state index < -0.39 is 64.6 Å². The van der Waals surface area contributed by atoms with Crippen molar-refractivity contribution in [2.24, 2.45) is 17.8 Å². The Hall–Kier alpha value is -3.73. The molecule has 10 nitrogen and oxygen atoms in total. The van der Waals surface area contributed by atoms with Crippen LogP contribution < -0.4 is 9.47 Å². The molecule has 4 fully saturated rings. The van der Waals surface area contributed by atoms with E-state index >= 15 is 4.79 Å². The van der Waals surface area contributed by atoms with Crippen molar-refractivity contribution in [2.45, 2.75) is 109 Å². The zero-order chi connectivity index (χ0) is 35.8. The van der Waals surface area contributed by atoms with Crippen LogP contribution in [0.15, 0.2) is 41.0 Å². The normalized spacial score (nSPS) is 33.2. The van der Waals surface area contributed by atoms with E-state index in [0.717, 1.165) is 12.0 Å². The molecule has 49 heavy (non-hydrogen) atoms. The second-order valence-electron chi connectivity index (χ2n) is 15.5. The number of fused-ring (bicyclic) bond motifs is 2. The van der Waals surface area contributed by atoms with Crippen LogP contribution in [0.5, 0.6) is 17.2 Å². The largest absolute Gasteiger partial charge is 0.506 e. The minimum absolute atomic E-state index is 0.0134. The van der Waals surface area contributed by atoms with Gasteiger partial charge >= 0.3 is 5.97 Å². The van der Waals surface area contributed by atoms with E-state index in [0.29, 0.717) is 36.1 Å². The third-order valence-electron chi connectivity index (χ3n) is 11.3. The molecular weight excluding hydrogens is 628 g/mol. The molecule has 264 valence electrons. The molecule has 3 aliphatic carbocycles. The molecule has 0 aromatic heterocycles. The monoisotopic (exact) mass is 676 g/mol. The van der Waals surface area contributed by atoms with E-state index in [1.54, 1.807) is 0 Å². The third-order valence-corrected chi connectivity index (χ3v) is 11.3. The van der Waals surface area contributed by atoms with Crippen LogP contribution in [0.2, 0.25) is 0 Å². The van der Waals surface area contributed by atoms with Crippen molar-refractivity contribution in [3.8, 4) is 17.2 Å². The Labute approximate surface area is 287 Å². The molecule has 0 radical (unpaired) electrons. The topological polar surface area (TPSA) is 149 Å². The maximum Gasteiger partial charge on any atom is 0.333 e. The Bertz CT molecular complexity index is 1740. The number of phenolic OH excluding ortho intramolecular Hbond substituents is 1. The van der Waals surface area contributed by atoms with Gasteiger partial charge in [-0.3, -0.25) is 9.59 Å². The van der Waals surface area contributed by atoms with Crippen molar-refractivity contribution >= 4 is 23.6 Å². The van der Waals surface area contributed by atoms with Crippen LogP contribution in [-0.4, -0.2) is 75.1 Å². The number of carboxylic acids is 1. The first-order valence-corrected chi connectivity index (χ1v) is 17.1. The van der Waals surface area contributed by atoms with Crippen molar-refractivity contribution in [2.75, 3.05) is 13.7 Å². The summed E-state index contributed by atoms with van der Waals surface area (Å²) in [6.45, 7) is 13.0. The number of methoxy groups -OCH3 is 1. The van der Waals surface area contributed by atoms with Gasteiger partial charge in [-0.15, -0.1) is 0 Å². The summed E-state index contributed by atoms with van der Waals surface area (Å²) in [4.78, 5) is 41.7. The second-order valence-corrected chi connectivity index (χ2v) is 15.5. The summed E-state index contributed by atoms with van der Waals surface area (Å²) < 4.78 is 26.7. The number of aliphatic hydroxyl groups excluding tert-OH is 1. The van der Waals surface area contributed by atoms with Gasteiger partial charge in [-0.25, -0.2) is 4.79 Å². The van der Waals surface area contributed by atoms with Crippen LogP contribution in [0.3, 0.4) is 0 Å². The molecule has 2 unspecified atom stereocenters. The highest BCUT2D eigenvalue weighted by atomic mass is 16.6. The third kappa shape index (κ3) is 5.04. The first-order chi connectivity index (χ1) is 23.0. The highest BCUT2D eigenvalue weighted by Crippen LogP contribution is 2.70. The molecule has 1 aromatic rings. The number of carbonyl (C=O) groups excluding carboxylic acids is 2. The van der Waals surface area contributed by atoms with Crippen molar-refractivity contribution in [3.63, 3.8) is 0 Å². The molecule has 10 heteroatoms. The van der Waals surface area contributed by atoms with E-state index in [9.17, 15) is 24.9 Å². The molecule has 1 aromatic carbocycles. The Morgan fingerprint density at radius 2 is 1.73 bits per heavy atom. The van der Waals surface area contributed by atoms with Gasteiger partial charge in [0, 0.05) is 30.9 Å². The lowest BCUT2D eigenvalue weighted by Gasteiger charge is -2.62. The number of Topliss-reactive ketones (excluding diaryl/α,β-unsaturated/α-hetero) is 2. The number of aliphatic carboxylic acids is 1. The fraction of sp³-hybridized carbons (Fsp3) is 0.564. The number of carboxylic acid groups (broad SMARTS) is 1. The molecule has 1 saturated heterocycles. The molecule has 0 amide bonds. The minimum Gasteiger partial charge on any atom is -0.506 e. The van der Waals surface area contributed by atoms with E-state index in [4.69, 9.17) is 18.9 Å². The van der Waals surface area contributed by atoms with Crippen molar-refractivity contribution in [1.29, 1.82) is 0 Å². The molecule has 3 heterocycles. The molecule has 3 saturated carbocycles. The maximum atomic E-state index is 15.1. The summed E-state index contributed by atoms with van der Waals surface area (Å²) >= 11 is 0. The first-order valence-electron chi connectivity index (χ1n) is 17.1. The molecule has 6 aliphatic rings. The lowest BCUT2D eigenvalue weighted by molar-refractivity contribution is -0.224. The van der Waals surface area contributed by atoms with Crippen LogP contribution in [-0.2, 0) is 25.5 Å². The van der Waals surface area contributed by atoms with E-state index in [1.165, 1.54) is 18.8 Å². The Kier molecular flexibility index (Phi) is 8.56. The van der Waals surface area contributed by atoms with Crippen LogP contribution in [0.25, 0.3) is 6.08 Å². The zero-order valence-electron chi connectivity index (χ0n) is 29.6. The smallest absolute Gasteiger partial charge is 0.333 e. The number of allylic oxidation sites excluding steroid dienone is 4. The maximum absolute atomic E-state index is 15.1. The standard InChI is InChI=1S/C39H48O10/c1-20(2)10-9-15-37(7)16-14-23-29(41)27-30(42)28-33(46-8)25-18-26-36(5,6)49-38(34(25)43,17-13-22(19-40)35(44)45)39(26,28)48-32(27)24(31(23)47-37)12-11-21(3)4/h10-11,13-14,16,25-26,28,33,40-41H,9,12,15,17-19H2,1-8H3,(H,44,45)/b22-13+/t25-,26?,28-,33-,37-,38?,39-/m0/s1. The lowest BCUT2D eigenvalue weighted by atomic mass is 9.45. The molecular formula is C39H48O10. The molecule has 3 N–H and O–H groups in total. The molecule has 7 atom stereocenters. The van der Waals surface area contributed by atoms with E-state index in [2.05, 4.69) is 6.08 Å². The summed E-state index contributed by atoms with van der Waals surface area (Å²) in [5.41, 5.74) is -2.16. The molecule has 1 spiro atoms. The summed E-state index contributed by atoms with van der Waals surface area (Å²) in [6.07, 6.45) is 10.2. The summed E-state index contributed by atoms with van der Waals surface area (Å²) in [7, 11) is 1.46. The number of carbonyl (C=O) groups is 3. The lowest BCUT2D eigenvalue weighted by Crippen LogP contribution is -2.80. The quantitative estimate of drug-likeness (QED) is 0.202. The number of hydrogen-bond donors (Lipinski definition) is 3. The number of aliphatic hydroxyl groups is 1. The number of benzene rings is 1. The Balaban J connectivity index is 1.61. The van der Waals surface area contributed by atoms with Gasteiger partial charge in [0.05, 0.1) is 35.4 Å². The highest BCUT2D eigenvalue weighted by Gasteiger charge is 2.85. The number of hydrogen-bond acceptors (Lipinski definition) is 9. The first kappa shape index (κ1) is 35.1. The Morgan fingerprint density at radius 3 is 2.35 bits per heavy atom. The van der Waals surface area contributed by atoms with Crippen LogP contribution in [0.4, 0.5) is 0 Å². The zero-order valence-corrected chi connectivity index (χ0v) is 29.6. The molecule has 4 bridgehead atoms. The highest BCUT2D eigenvalue weighted by molar-refractivity contribution is 6.10. The minimum atomic E-state index is -1.77. The average Bonchev–Trinajstić information content (AvgIpc) is 3.16. The van der Waals surface area contributed by atoms with Gasteiger partial charge in [-0.05, 0) is 86.3 Å². The fourth-order valence-electron chi connectivity index (χ4n) is 9.14. The van der Waals surface area contributed by atoms with Crippen molar-refractivity contribution in [1.82, 2.24) is 0 Å². The fourth-order valence-corrected chi connectivity index (χ4v) is 9.14. The van der Waals surface area contributed by atoms with Gasteiger partial charge in [0.25, 0.3) is 0 Å². The summed E-state index contributed by atoms with van der Waals surface area (Å²) in [5, 5.41) is 31.5. The van der Waals surface area contributed by atoms with Crippen molar-refractivity contribution < 1.29 is 48.7 Å². The number of ketones is 2. The van der Waals surface area contributed by atoms with E-state index in [-0.39, 0.29) is 34.8 Å². The summed E-state index contributed by atoms with van der Waals surface area (Å²) in [5.74, 6) is -4.04. The predicted octanol–water partition coefficient (Wildman–Crippen LogP) is 5.92.